The summed E-state index contributed by atoms with van der Waals surface area (Å²) in [6, 6.07) is 1.06. The average Bonchev–Trinajstić information content (AvgIpc) is 2.45. The maximum Gasteiger partial charge on any atom is 0.254 e. The van der Waals surface area contributed by atoms with Gasteiger partial charge in [-0.2, -0.15) is 0 Å². The van der Waals surface area contributed by atoms with E-state index in [0.717, 1.165) is 6.42 Å². The zero-order valence-electron chi connectivity index (χ0n) is 12.2. The summed E-state index contributed by atoms with van der Waals surface area (Å²) in [7, 11) is 0. The summed E-state index contributed by atoms with van der Waals surface area (Å²) in [6.07, 6.45) is 4.01. The fourth-order valence-electron chi connectivity index (χ4n) is 1.67. The molecule has 1 atom stereocenters. The van der Waals surface area contributed by atoms with E-state index in [1.165, 1.54) is 0 Å². The zero-order valence-corrected chi connectivity index (χ0v) is 12.2. The van der Waals surface area contributed by atoms with Gasteiger partial charge in [-0.15, -0.1) is 0 Å². The van der Waals surface area contributed by atoms with Gasteiger partial charge in [-0.25, -0.2) is 0 Å². The number of nitrogens with zero attached hydrogens (tertiary/aromatic N) is 1. The van der Waals surface area contributed by atoms with Gasteiger partial charge in [0.25, 0.3) is 5.91 Å². The number of rotatable bonds is 7. The fraction of sp³-hybridized carbons (Fsp3) is 0.500. The number of amides is 2. The van der Waals surface area contributed by atoms with Crippen LogP contribution in [0.2, 0.25) is 0 Å². The lowest BCUT2D eigenvalue weighted by Crippen LogP contribution is -2.45. The van der Waals surface area contributed by atoms with E-state index in [2.05, 4.69) is 20.9 Å². The second-order valence-corrected chi connectivity index (χ2v) is 4.44. The van der Waals surface area contributed by atoms with Crippen molar-refractivity contribution < 1.29 is 9.59 Å². The highest BCUT2D eigenvalue weighted by Gasteiger charge is 2.17. The highest BCUT2D eigenvalue weighted by molar-refractivity contribution is 6.01. The van der Waals surface area contributed by atoms with E-state index >= 15 is 0 Å². The van der Waals surface area contributed by atoms with Crippen LogP contribution in [-0.2, 0) is 4.79 Å². The highest BCUT2D eigenvalue weighted by atomic mass is 16.2. The molecule has 0 aliphatic carbocycles. The minimum atomic E-state index is -0.573. The molecule has 1 heterocycles. The lowest BCUT2D eigenvalue weighted by molar-refractivity contribution is -0.122. The maximum atomic E-state index is 12.2. The molecule has 2 amide bonds. The van der Waals surface area contributed by atoms with E-state index < -0.39 is 6.04 Å². The number of hydrogen-bond donors (Lipinski definition) is 3. The van der Waals surface area contributed by atoms with Gasteiger partial charge in [0.2, 0.25) is 5.91 Å². The molecular formula is C14H22N4O2. The molecule has 0 aliphatic heterocycles. The fourth-order valence-corrected chi connectivity index (χ4v) is 1.67. The van der Waals surface area contributed by atoms with E-state index in [-0.39, 0.29) is 11.8 Å². The van der Waals surface area contributed by atoms with Gasteiger partial charge in [0.05, 0.1) is 17.4 Å². The molecule has 6 nitrogen and oxygen atoms in total. The van der Waals surface area contributed by atoms with Gasteiger partial charge < -0.3 is 16.0 Å². The van der Waals surface area contributed by atoms with Crippen LogP contribution < -0.4 is 16.0 Å². The van der Waals surface area contributed by atoms with Crippen LogP contribution >= 0.6 is 0 Å². The molecule has 0 aliphatic rings. The molecular weight excluding hydrogens is 256 g/mol. The first kappa shape index (κ1) is 15.9. The minimum absolute atomic E-state index is 0.181. The van der Waals surface area contributed by atoms with Crippen molar-refractivity contribution >= 4 is 17.5 Å². The quantitative estimate of drug-likeness (QED) is 0.699. The SMILES string of the molecule is CCCNC(=O)C(C)NC(=O)c1ccncc1NCC. The maximum absolute atomic E-state index is 12.2. The molecule has 1 unspecified atom stereocenters. The summed E-state index contributed by atoms with van der Waals surface area (Å²) in [4.78, 5) is 27.9. The average molecular weight is 278 g/mol. The minimum Gasteiger partial charge on any atom is -0.383 e. The second kappa shape index (κ2) is 8.14. The van der Waals surface area contributed by atoms with Crippen LogP contribution in [0.4, 0.5) is 5.69 Å². The summed E-state index contributed by atoms with van der Waals surface area (Å²) in [5.41, 5.74) is 1.14. The molecule has 1 rings (SSSR count). The number of nitrogens with one attached hydrogen (secondary N) is 3. The molecule has 0 aromatic carbocycles. The van der Waals surface area contributed by atoms with Crippen LogP contribution in [0.1, 0.15) is 37.6 Å². The van der Waals surface area contributed by atoms with Crippen molar-refractivity contribution in [3.05, 3.63) is 24.0 Å². The topological polar surface area (TPSA) is 83.1 Å². The Kier molecular flexibility index (Phi) is 6.49. The number of anilines is 1. The Morgan fingerprint density at radius 3 is 2.75 bits per heavy atom. The predicted molar refractivity (Wildman–Crippen MR) is 78.6 cm³/mol. The summed E-state index contributed by atoms with van der Waals surface area (Å²) < 4.78 is 0. The molecule has 0 radical (unpaired) electrons. The third kappa shape index (κ3) is 4.53. The Bertz CT molecular complexity index is 462. The number of pyridine rings is 1. The van der Waals surface area contributed by atoms with Crippen molar-refractivity contribution in [3.8, 4) is 0 Å². The Morgan fingerprint density at radius 2 is 2.10 bits per heavy atom. The zero-order chi connectivity index (χ0) is 15.0. The van der Waals surface area contributed by atoms with E-state index in [0.29, 0.717) is 24.3 Å². The van der Waals surface area contributed by atoms with Crippen LogP contribution in [0, 0.1) is 0 Å². The van der Waals surface area contributed by atoms with Gasteiger partial charge in [-0.1, -0.05) is 6.92 Å². The van der Waals surface area contributed by atoms with Gasteiger partial charge >= 0.3 is 0 Å². The highest BCUT2D eigenvalue weighted by Crippen LogP contribution is 2.12. The molecule has 20 heavy (non-hydrogen) atoms. The van der Waals surface area contributed by atoms with Gasteiger partial charge in [0.15, 0.2) is 0 Å². The van der Waals surface area contributed by atoms with Gasteiger partial charge in [0.1, 0.15) is 6.04 Å². The second-order valence-electron chi connectivity index (χ2n) is 4.44. The number of carbonyl (C=O) groups is 2. The Balaban J connectivity index is 2.68. The standard InChI is InChI=1S/C14H22N4O2/c1-4-7-17-13(19)10(3)18-14(20)11-6-8-15-9-12(11)16-5-2/h6,8-10,16H,4-5,7H2,1-3H3,(H,17,19)(H,18,20). The van der Waals surface area contributed by atoms with Crippen LogP contribution in [0.15, 0.2) is 18.5 Å². The molecule has 3 N–H and O–H groups in total. The monoisotopic (exact) mass is 278 g/mol. The number of hydrogen-bond acceptors (Lipinski definition) is 4. The van der Waals surface area contributed by atoms with Crippen LogP contribution in [-0.4, -0.2) is 35.9 Å². The molecule has 0 fully saturated rings. The van der Waals surface area contributed by atoms with E-state index in [9.17, 15) is 9.59 Å². The van der Waals surface area contributed by atoms with Gasteiger partial charge in [0, 0.05) is 19.3 Å². The predicted octanol–water partition coefficient (Wildman–Crippen LogP) is 1.16. The van der Waals surface area contributed by atoms with Crippen molar-refractivity contribution in [2.24, 2.45) is 0 Å². The number of carbonyl (C=O) groups excluding carboxylic acids is 2. The van der Waals surface area contributed by atoms with Crippen LogP contribution in [0.3, 0.4) is 0 Å². The Morgan fingerprint density at radius 1 is 1.35 bits per heavy atom. The summed E-state index contributed by atoms with van der Waals surface area (Å²) in [6.45, 7) is 6.88. The van der Waals surface area contributed by atoms with Crippen LogP contribution in [0.25, 0.3) is 0 Å². The van der Waals surface area contributed by atoms with E-state index in [4.69, 9.17) is 0 Å². The normalized spacial score (nSPS) is 11.6. The van der Waals surface area contributed by atoms with Gasteiger partial charge in [-0.05, 0) is 26.3 Å². The first-order valence-electron chi connectivity index (χ1n) is 6.86. The third-order valence-electron chi connectivity index (χ3n) is 2.72. The van der Waals surface area contributed by atoms with Crippen molar-refractivity contribution in [2.45, 2.75) is 33.2 Å². The third-order valence-corrected chi connectivity index (χ3v) is 2.72. The Hall–Kier alpha value is -2.11. The van der Waals surface area contributed by atoms with Crippen molar-refractivity contribution in [2.75, 3.05) is 18.4 Å². The number of aromatic nitrogens is 1. The molecule has 6 heteroatoms. The van der Waals surface area contributed by atoms with Crippen molar-refractivity contribution in [3.63, 3.8) is 0 Å². The molecule has 1 aromatic heterocycles. The van der Waals surface area contributed by atoms with Crippen LogP contribution in [0.5, 0.6) is 0 Å². The first-order valence-corrected chi connectivity index (χ1v) is 6.86. The molecule has 0 spiro atoms. The van der Waals surface area contributed by atoms with Crippen molar-refractivity contribution in [1.82, 2.24) is 15.6 Å². The molecule has 0 bridgehead atoms. The summed E-state index contributed by atoms with van der Waals surface area (Å²) >= 11 is 0. The molecule has 0 saturated carbocycles. The smallest absolute Gasteiger partial charge is 0.254 e. The lowest BCUT2D eigenvalue weighted by Gasteiger charge is -2.15. The summed E-state index contributed by atoms with van der Waals surface area (Å²) in [5.74, 6) is -0.471. The first-order chi connectivity index (χ1) is 9.60. The summed E-state index contributed by atoms with van der Waals surface area (Å²) in [5, 5.41) is 8.50. The van der Waals surface area contributed by atoms with Crippen molar-refractivity contribution in [1.29, 1.82) is 0 Å². The Labute approximate surface area is 119 Å². The van der Waals surface area contributed by atoms with E-state index in [1.807, 2.05) is 13.8 Å². The van der Waals surface area contributed by atoms with E-state index in [1.54, 1.807) is 25.4 Å². The molecule has 1 aromatic rings. The lowest BCUT2D eigenvalue weighted by atomic mass is 10.2. The molecule has 0 saturated heterocycles. The van der Waals surface area contributed by atoms with Gasteiger partial charge in [-0.3, -0.25) is 14.6 Å². The largest absolute Gasteiger partial charge is 0.383 e. The molecule has 110 valence electrons.